The highest BCUT2D eigenvalue weighted by Gasteiger charge is 2.14. The van der Waals surface area contributed by atoms with Gasteiger partial charge in [-0.15, -0.1) is 6.42 Å². The molecule has 6 nitrogen and oxygen atoms in total. The van der Waals surface area contributed by atoms with E-state index < -0.39 is 5.95 Å². The first kappa shape index (κ1) is 16.4. The Bertz CT molecular complexity index is 968. The molecule has 0 aliphatic carbocycles. The molecule has 124 valence electrons. The highest BCUT2D eigenvalue weighted by atomic mass is 19.1. The first-order valence-corrected chi connectivity index (χ1v) is 7.40. The molecule has 0 aromatic carbocycles. The number of pyridine rings is 2. The number of hydrogen-bond donors (Lipinski definition) is 0. The Morgan fingerprint density at radius 1 is 1.28 bits per heavy atom. The summed E-state index contributed by atoms with van der Waals surface area (Å²) in [7, 11) is 0. The third-order valence-corrected chi connectivity index (χ3v) is 3.43. The molecule has 25 heavy (non-hydrogen) atoms. The van der Waals surface area contributed by atoms with Crippen molar-refractivity contribution in [2.45, 2.75) is 0 Å². The number of fused-ring (bicyclic) bond motifs is 1. The lowest BCUT2D eigenvalue weighted by molar-refractivity contribution is 0.124. The van der Waals surface area contributed by atoms with E-state index >= 15 is 0 Å². The summed E-state index contributed by atoms with van der Waals surface area (Å²) in [5, 5.41) is 13.5. The van der Waals surface area contributed by atoms with Crippen LogP contribution in [0.2, 0.25) is 0 Å². The average Bonchev–Trinajstić information content (AvgIpc) is 3.05. The summed E-state index contributed by atoms with van der Waals surface area (Å²) in [5.41, 5.74) is 2.33. The quantitative estimate of drug-likeness (QED) is 0.393. The summed E-state index contributed by atoms with van der Waals surface area (Å²) < 4.78 is 25.5. The molecule has 0 amide bonds. The van der Waals surface area contributed by atoms with Gasteiger partial charge < -0.3 is 9.47 Å². The van der Waals surface area contributed by atoms with Gasteiger partial charge in [-0.25, -0.2) is 9.50 Å². The van der Waals surface area contributed by atoms with E-state index in [4.69, 9.17) is 15.9 Å². The Labute approximate surface area is 143 Å². The first-order valence-electron chi connectivity index (χ1n) is 7.40. The molecule has 0 atom stereocenters. The molecule has 0 saturated heterocycles. The number of hydrogen-bond acceptors (Lipinski definition) is 5. The maximum atomic E-state index is 13.1. The number of halogens is 1. The molecule has 0 aliphatic heterocycles. The maximum Gasteiger partial charge on any atom is 0.212 e. The minimum Gasteiger partial charge on any atom is -0.490 e. The molecule has 0 radical (unpaired) electrons. The molecule has 3 rings (SSSR count). The molecule has 7 heteroatoms. The summed E-state index contributed by atoms with van der Waals surface area (Å²) in [5.74, 6) is 2.33. The molecule has 0 aliphatic rings. The van der Waals surface area contributed by atoms with Gasteiger partial charge in [0.25, 0.3) is 0 Å². The Morgan fingerprint density at radius 2 is 2.16 bits per heavy atom. The van der Waals surface area contributed by atoms with Gasteiger partial charge in [0, 0.05) is 17.3 Å². The second-order valence-corrected chi connectivity index (χ2v) is 5.03. The Hall–Kier alpha value is -3.42. The van der Waals surface area contributed by atoms with Crippen LogP contribution < -0.4 is 4.74 Å². The summed E-state index contributed by atoms with van der Waals surface area (Å²) >= 11 is 0. The van der Waals surface area contributed by atoms with E-state index in [1.807, 2.05) is 0 Å². The number of aromatic nitrogens is 3. The number of terminal acetylenes is 1. The molecule has 3 heterocycles. The molecular weight excluding hydrogens is 323 g/mol. The fourth-order valence-electron chi connectivity index (χ4n) is 2.36. The van der Waals surface area contributed by atoms with Crippen molar-refractivity contribution >= 4 is 5.52 Å². The van der Waals surface area contributed by atoms with Crippen molar-refractivity contribution in [1.29, 1.82) is 5.26 Å². The van der Waals surface area contributed by atoms with E-state index in [0.29, 0.717) is 41.2 Å². The van der Waals surface area contributed by atoms with Crippen LogP contribution in [0, 0.1) is 29.6 Å². The fourth-order valence-corrected chi connectivity index (χ4v) is 2.36. The molecule has 3 aromatic heterocycles. The second-order valence-electron chi connectivity index (χ2n) is 5.03. The molecular formula is C18H13FN4O2. The second kappa shape index (κ2) is 7.43. The Balaban J connectivity index is 1.97. The van der Waals surface area contributed by atoms with E-state index in [2.05, 4.69) is 22.1 Å². The van der Waals surface area contributed by atoms with Crippen molar-refractivity contribution in [3.05, 3.63) is 48.3 Å². The highest BCUT2D eigenvalue weighted by Crippen LogP contribution is 2.30. The van der Waals surface area contributed by atoms with Gasteiger partial charge in [0.05, 0.1) is 30.1 Å². The van der Waals surface area contributed by atoms with Crippen LogP contribution >= 0.6 is 0 Å². The predicted octanol–water partition coefficient (Wildman–Crippen LogP) is 2.44. The SMILES string of the molecule is C#CCOCCOc1cc(-c2ccc(F)nc2)c2c(C#N)cnn2c1. The monoisotopic (exact) mass is 336 g/mol. The van der Waals surface area contributed by atoms with Gasteiger partial charge in [0.1, 0.15) is 25.0 Å². The lowest BCUT2D eigenvalue weighted by atomic mass is 10.1. The fraction of sp³-hybridized carbons (Fsp3) is 0.167. The van der Waals surface area contributed by atoms with Crippen LogP contribution in [0.3, 0.4) is 0 Å². The van der Waals surface area contributed by atoms with Gasteiger partial charge in [-0.3, -0.25) is 0 Å². The third-order valence-electron chi connectivity index (χ3n) is 3.43. The highest BCUT2D eigenvalue weighted by molar-refractivity contribution is 5.84. The van der Waals surface area contributed by atoms with Crippen molar-refractivity contribution < 1.29 is 13.9 Å². The first-order chi connectivity index (χ1) is 12.2. The van der Waals surface area contributed by atoms with Crippen LogP contribution in [-0.2, 0) is 4.74 Å². The van der Waals surface area contributed by atoms with Crippen LogP contribution in [0.15, 0.2) is 36.8 Å². The molecule has 3 aromatic rings. The molecule has 0 bridgehead atoms. The summed E-state index contributed by atoms with van der Waals surface area (Å²) in [6.07, 6.45) is 9.64. The molecule has 0 unspecified atom stereocenters. The van der Waals surface area contributed by atoms with Crippen LogP contribution in [0.4, 0.5) is 4.39 Å². The van der Waals surface area contributed by atoms with Crippen LogP contribution in [0.5, 0.6) is 5.75 Å². The number of ether oxygens (including phenoxy) is 2. The Morgan fingerprint density at radius 3 is 2.88 bits per heavy atom. The van der Waals surface area contributed by atoms with Crippen molar-refractivity contribution in [3.8, 4) is 35.3 Å². The lowest BCUT2D eigenvalue weighted by Gasteiger charge is -2.10. The van der Waals surface area contributed by atoms with Gasteiger partial charge in [-0.1, -0.05) is 5.92 Å². The lowest BCUT2D eigenvalue weighted by Crippen LogP contribution is -2.07. The largest absolute Gasteiger partial charge is 0.490 e. The third kappa shape index (κ3) is 3.57. The van der Waals surface area contributed by atoms with Gasteiger partial charge in [0.2, 0.25) is 5.95 Å². The summed E-state index contributed by atoms with van der Waals surface area (Å²) in [6.45, 7) is 0.873. The van der Waals surface area contributed by atoms with Gasteiger partial charge in [-0.05, 0) is 18.2 Å². The van der Waals surface area contributed by atoms with Crippen molar-refractivity contribution in [2.75, 3.05) is 19.8 Å². The zero-order chi connectivity index (χ0) is 17.6. The van der Waals surface area contributed by atoms with Crippen LogP contribution in [0.1, 0.15) is 5.56 Å². The molecule has 0 saturated carbocycles. The van der Waals surface area contributed by atoms with E-state index in [9.17, 15) is 9.65 Å². The summed E-state index contributed by atoms with van der Waals surface area (Å²) in [6, 6.07) is 6.71. The van der Waals surface area contributed by atoms with Crippen molar-refractivity contribution in [3.63, 3.8) is 0 Å². The van der Waals surface area contributed by atoms with E-state index in [1.165, 1.54) is 18.5 Å². The van der Waals surface area contributed by atoms with E-state index in [1.54, 1.807) is 22.8 Å². The van der Waals surface area contributed by atoms with Gasteiger partial charge in [-0.2, -0.15) is 14.8 Å². The number of rotatable bonds is 6. The number of nitrogens with zero attached hydrogens (tertiary/aromatic N) is 4. The van der Waals surface area contributed by atoms with E-state index in [-0.39, 0.29) is 6.61 Å². The van der Waals surface area contributed by atoms with Crippen molar-refractivity contribution in [1.82, 2.24) is 14.6 Å². The van der Waals surface area contributed by atoms with Gasteiger partial charge >= 0.3 is 0 Å². The van der Waals surface area contributed by atoms with Gasteiger partial charge in [0.15, 0.2) is 0 Å². The number of nitriles is 1. The summed E-state index contributed by atoms with van der Waals surface area (Å²) in [4.78, 5) is 3.67. The Kier molecular flexibility index (Phi) is 4.89. The molecule has 0 spiro atoms. The average molecular weight is 336 g/mol. The standard InChI is InChI=1S/C18H13FN4O2/c1-2-5-24-6-7-25-15-8-16(13-3-4-17(19)21-10-13)18-14(9-20)11-22-23(18)12-15/h1,3-4,8,10-12H,5-7H2. The van der Waals surface area contributed by atoms with Crippen LogP contribution in [0.25, 0.3) is 16.6 Å². The molecule has 0 N–H and O–H groups in total. The van der Waals surface area contributed by atoms with E-state index in [0.717, 1.165) is 0 Å². The zero-order valence-electron chi connectivity index (χ0n) is 13.1. The van der Waals surface area contributed by atoms with Crippen LogP contribution in [-0.4, -0.2) is 34.4 Å². The minimum atomic E-state index is -0.577. The topological polar surface area (TPSA) is 72.4 Å². The predicted molar refractivity (Wildman–Crippen MR) is 88.2 cm³/mol. The molecule has 0 fully saturated rings. The minimum absolute atomic E-state index is 0.222. The normalized spacial score (nSPS) is 10.4. The van der Waals surface area contributed by atoms with Crippen molar-refractivity contribution in [2.24, 2.45) is 0 Å². The smallest absolute Gasteiger partial charge is 0.212 e. The maximum absolute atomic E-state index is 13.1. The zero-order valence-corrected chi connectivity index (χ0v) is 13.1.